The van der Waals surface area contributed by atoms with Gasteiger partial charge in [-0.2, -0.15) is 0 Å². The fraction of sp³-hybridized carbons (Fsp3) is 0.471. The van der Waals surface area contributed by atoms with Crippen LogP contribution in [0.1, 0.15) is 40.2 Å². The van der Waals surface area contributed by atoms with E-state index < -0.39 is 23.8 Å². The molecule has 0 saturated carbocycles. The highest BCUT2D eigenvalue weighted by molar-refractivity contribution is 6.10. The number of benzene rings is 1. The van der Waals surface area contributed by atoms with Crippen LogP contribution in [-0.4, -0.2) is 30.4 Å². The minimum Gasteiger partial charge on any atom is -0.464 e. The number of hydrogen-bond acceptors (Lipinski definition) is 4. The van der Waals surface area contributed by atoms with Crippen LogP contribution in [0, 0.1) is 0 Å². The van der Waals surface area contributed by atoms with Crippen LogP contribution in [0.4, 0.5) is 5.69 Å². The van der Waals surface area contributed by atoms with Crippen molar-refractivity contribution < 1.29 is 19.1 Å². The highest BCUT2D eigenvalue weighted by Gasteiger charge is 2.29. The van der Waals surface area contributed by atoms with Crippen LogP contribution in [0.2, 0.25) is 0 Å². The summed E-state index contributed by atoms with van der Waals surface area (Å²) in [6.07, 6.45) is 0. The second kappa shape index (κ2) is 7.76. The number of hydrogen-bond donors (Lipinski definition) is 2. The normalized spacial score (nSPS) is 12.2. The summed E-state index contributed by atoms with van der Waals surface area (Å²) in [5.74, 6) is -1.91. The lowest BCUT2D eigenvalue weighted by Gasteiger charge is -2.20. The highest BCUT2D eigenvalue weighted by Crippen LogP contribution is 2.23. The molecular weight excluding hydrogens is 296 g/mol. The van der Waals surface area contributed by atoms with Crippen molar-refractivity contribution in [1.29, 1.82) is 0 Å². The molecule has 0 heterocycles. The first-order valence-corrected chi connectivity index (χ1v) is 7.50. The minimum atomic E-state index is -1.37. The third kappa shape index (κ3) is 5.73. The van der Waals surface area contributed by atoms with E-state index in [1.807, 2.05) is 12.1 Å². The molecule has 126 valence electrons. The van der Waals surface area contributed by atoms with Crippen molar-refractivity contribution in [3.63, 3.8) is 0 Å². The number of esters is 1. The van der Waals surface area contributed by atoms with Gasteiger partial charge in [0.25, 0.3) is 5.91 Å². The summed E-state index contributed by atoms with van der Waals surface area (Å²) in [5, 5.41) is 4.91. The summed E-state index contributed by atoms with van der Waals surface area (Å²) >= 11 is 0. The fourth-order valence-corrected chi connectivity index (χ4v) is 1.93. The lowest BCUT2D eigenvalue weighted by atomic mass is 9.87. The quantitative estimate of drug-likeness (QED) is 0.642. The molecule has 0 unspecified atom stereocenters. The van der Waals surface area contributed by atoms with Gasteiger partial charge in [-0.05, 0) is 30.0 Å². The summed E-state index contributed by atoms with van der Waals surface area (Å²) in [6.45, 7) is 9.27. The molecule has 0 spiro atoms. The summed E-state index contributed by atoms with van der Waals surface area (Å²) in [5.41, 5.74) is 1.67. The Bertz CT molecular complexity index is 573. The molecule has 6 nitrogen and oxygen atoms in total. The molecule has 0 aliphatic rings. The van der Waals surface area contributed by atoms with E-state index >= 15 is 0 Å². The van der Waals surface area contributed by atoms with Crippen LogP contribution in [0.3, 0.4) is 0 Å². The third-order valence-electron chi connectivity index (χ3n) is 3.15. The molecule has 0 aliphatic carbocycles. The molecule has 1 aromatic rings. The van der Waals surface area contributed by atoms with Gasteiger partial charge in [-0.1, -0.05) is 32.9 Å². The van der Waals surface area contributed by atoms with Gasteiger partial charge in [-0.3, -0.25) is 9.59 Å². The van der Waals surface area contributed by atoms with E-state index in [0.717, 1.165) is 5.56 Å². The predicted octanol–water partition coefficient (Wildman–Crippen LogP) is 1.99. The van der Waals surface area contributed by atoms with Crippen LogP contribution in [-0.2, 0) is 24.5 Å². The summed E-state index contributed by atoms with van der Waals surface area (Å²) in [7, 11) is 0. The molecular formula is C17H24N2O4. The van der Waals surface area contributed by atoms with Crippen LogP contribution in [0.15, 0.2) is 24.3 Å². The second-order valence-corrected chi connectivity index (χ2v) is 6.20. The standard InChI is InChI=1S/C17H24N2O4/c1-6-23-16(22)14(18-11(2)20)15(21)19-13-9-7-12(8-10-13)17(3,4)5/h7-10,14H,6H2,1-5H3,(H,18,20)(H,19,21)/t14-/m1/s1. The number of ether oxygens (including phenoxy) is 1. The Kier molecular flexibility index (Phi) is 6.30. The van der Waals surface area contributed by atoms with Gasteiger partial charge in [0, 0.05) is 12.6 Å². The lowest BCUT2D eigenvalue weighted by Crippen LogP contribution is -2.49. The van der Waals surface area contributed by atoms with Gasteiger partial charge in [0.15, 0.2) is 0 Å². The fourth-order valence-electron chi connectivity index (χ4n) is 1.93. The largest absolute Gasteiger partial charge is 0.464 e. The van der Waals surface area contributed by atoms with Crippen LogP contribution < -0.4 is 10.6 Å². The summed E-state index contributed by atoms with van der Waals surface area (Å²) in [6, 6.07) is 5.97. The zero-order valence-electron chi connectivity index (χ0n) is 14.2. The third-order valence-corrected chi connectivity index (χ3v) is 3.15. The maximum absolute atomic E-state index is 12.2. The minimum absolute atomic E-state index is 0.00614. The van der Waals surface area contributed by atoms with Gasteiger partial charge < -0.3 is 15.4 Å². The van der Waals surface area contributed by atoms with Crippen LogP contribution >= 0.6 is 0 Å². The average molecular weight is 320 g/mol. The van der Waals surface area contributed by atoms with E-state index in [2.05, 4.69) is 31.4 Å². The maximum Gasteiger partial charge on any atom is 0.338 e. The van der Waals surface area contributed by atoms with Crippen molar-refractivity contribution in [2.75, 3.05) is 11.9 Å². The lowest BCUT2D eigenvalue weighted by molar-refractivity contribution is -0.149. The molecule has 0 bridgehead atoms. The van der Waals surface area contributed by atoms with Crippen molar-refractivity contribution in [3.8, 4) is 0 Å². The first-order valence-electron chi connectivity index (χ1n) is 7.50. The molecule has 0 radical (unpaired) electrons. The molecule has 2 N–H and O–H groups in total. The maximum atomic E-state index is 12.2. The van der Waals surface area contributed by atoms with Crippen molar-refractivity contribution in [3.05, 3.63) is 29.8 Å². The molecule has 0 fully saturated rings. The van der Waals surface area contributed by atoms with Crippen LogP contribution in [0.5, 0.6) is 0 Å². The van der Waals surface area contributed by atoms with Gasteiger partial charge in [0.2, 0.25) is 11.9 Å². The van der Waals surface area contributed by atoms with E-state index in [1.54, 1.807) is 19.1 Å². The average Bonchev–Trinajstić information content (AvgIpc) is 2.44. The van der Waals surface area contributed by atoms with E-state index in [-0.39, 0.29) is 12.0 Å². The second-order valence-electron chi connectivity index (χ2n) is 6.20. The van der Waals surface area contributed by atoms with Crippen molar-refractivity contribution in [2.24, 2.45) is 0 Å². The molecule has 0 saturated heterocycles. The molecule has 2 amide bonds. The number of nitrogens with one attached hydrogen (secondary N) is 2. The van der Waals surface area contributed by atoms with Crippen molar-refractivity contribution >= 4 is 23.5 Å². The van der Waals surface area contributed by atoms with Gasteiger partial charge >= 0.3 is 5.97 Å². The first kappa shape index (κ1) is 18.7. The number of amides is 2. The van der Waals surface area contributed by atoms with Crippen molar-refractivity contribution in [2.45, 2.75) is 46.1 Å². The molecule has 0 aromatic heterocycles. The topological polar surface area (TPSA) is 84.5 Å². The first-order chi connectivity index (χ1) is 10.6. The Morgan fingerprint density at radius 3 is 2.13 bits per heavy atom. The Morgan fingerprint density at radius 2 is 1.70 bits per heavy atom. The Hall–Kier alpha value is -2.37. The van der Waals surface area contributed by atoms with Gasteiger partial charge in [-0.15, -0.1) is 0 Å². The zero-order valence-corrected chi connectivity index (χ0v) is 14.2. The zero-order chi connectivity index (χ0) is 17.6. The Morgan fingerprint density at radius 1 is 1.13 bits per heavy atom. The van der Waals surface area contributed by atoms with E-state index in [0.29, 0.717) is 5.69 Å². The SMILES string of the molecule is CCOC(=O)[C@H](NC(C)=O)C(=O)Nc1ccc(C(C)(C)C)cc1. The van der Waals surface area contributed by atoms with Gasteiger partial charge in [0.1, 0.15) is 0 Å². The smallest absolute Gasteiger partial charge is 0.338 e. The molecule has 1 rings (SSSR count). The van der Waals surface area contributed by atoms with Crippen molar-refractivity contribution in [1.82, 2.24) is 5.32 Å². The summed E-state index contributed by atoms with van der Waals surface area (Å²) in [4.78, 5) is 35.2. The molecule has 0 aliphatic heterocycles. The summed E-state index contributed by atoms with van der Waals surface area (Å²) < 4.78 is 4.81. The van der Waals surface area contributed by atoms with E-state index in [9.17, 15) is 14.4 Å². The van der Waals surface area contributed by atoms with E-state index in [1.165, 1.54) is 6.92 Å². The molecule has 1 aromatic carbocycles. The molecule has 1 atom stereocenters. The number of rotatable bonds is 5. The Balaban J connectivity index is 2.85. The number of carbonyl (C=O) groups excluding carboxylic acids is 3. The van der Waals surface area contributed by atoms with Gasteiger partial charge in [0.05, 0.1) is 6.61 Å². The molecule has 6 heteroatoms. The predicted molar refractivity (Wildman–Crippen MR) is 88.0 cm³/mol. The monoisotopic (exact) mass is 320 g/mol. The Labute approximate surface area is 136 Å². The highest BCUT2D eigenvalue weighted by atomic mass is 16.5. The van der Waals surface area contributed by atoms with E-state index in [4.69, 9.17) is 4.74 Å². The van der Waals surface area contributed by atoms with Gasteiger partial charge in [-0.25, -0.2) is 4.79 Å². The molecule has 23 heavy (non-hydrogen) atoms. The number of carbonyl (C=O) groups is 3. The van der Waals surface area contributed by atoms with Crippen LogP contribution in [0.25, 0.3) is 0 Å². The number of anilines is 1.